The van der Waals surface area contributed by atoms with Gasteiger partial charge in [-0.15, -0.1) is 0 Å². The van der Waals surface area contributed by atoms with Crippen molar-refractivity contribution >= 4 is 0 Å². The predicted molar refractivity (Wildman–Crippen MR) is 81.7 cm³/mol. The van der Waals surface area contributed by atoms with E-state index in [1.54, 1.807) is 0 Å². The first-order valence-electron chi connectivity index (χ1n) is 7.48. The van der Waals surface area contributed by atoms with Crippen LogP contribution < -0.4 is 5.32 Å². The van der Waals surface area contributed by atoms with Gasteiger partial charge in [-0.2, -0.15) is 4.98 Å². The summed E-state index contributed by atoms with van der Waals surface area (Å²) in [5, 5.41) is 7.48. The maximum Gasteiger partial charge on any atom is 0.241 e. The van der Waals surface area contributed by atoms with Crippen LogP contribution in [-0.2, 0) is 6.54 Å². The van der Waals surface area contributed by atoms with Gasteiger partial charge in [-0.25, -0.2) is 0 Å². The van der Waals surface area contributed by atoms with Gasteiger partial charge in [0.2, 0.25) is 11.7 Å². The number of piperidine rings is 1. The standard InChI is InChI=1S/C16H22N4O/c1-16(17-2)8-10-20(11-9-16)12-14-18-15(19-21-14)13-6-4-3-5-7-13/h3-7,17H,8-12H2,1-2H3. The Morgan fingerprint density at radius 3 is 2.62 bits per heavy atom. The number of likely N-dealkylation sites (tertiary alicyclic amines) is 1. The molecule has 2 heterocycles. The molecule has 0 spiro atoms. The van der Waals surface area contributed by atoms with Gasteiger partial charge in [0.1, 0.15) is 0 Å². The molecule has 5 heteroatoms. The third-order valence-corrected chi connectivity index (χ3v) is 4.42. The van der Waals surface area contributed by atoms with Crippen molar-refractivity contribution in [3.05, 3.63) is 36.2 Å². The molecule has 0 bridgehead atoms. The predicted octanol–water partition coefficient (Wildman–Crippen LogP) is 2.31. The minimum Gasteiger partial charge on any atom is -0.338 e. The van der Waals surface area contributed by atoms with E-state index >= 15 is 0 Å². The molecule has 5 nitrogen and oxygen atoms in total. The summed E-state index contributed by atoms with van der Waals surface area (Å²) in [5.74, 6) is 1.37. The van der Waals surface area contributed by atoms with Crippen molar-refractivity contribution in [3.63, 3.8) is 0 Å². The topological polar surface area (TPSA) is 54.2 Å². The molecule has 1 aromatic heterocycles. The minimum absolute atomic E-state index is 0.264. The lowest BCUT2D eigenvalue weighted by Gasteiger charge is -2.38. The van der Waals surface area contributed by atoms with E-state index in [0.29, 0.717) is 11.7 Å². The quantitative estimate of drug-likeness (QED) is 0.934. The van der Waals surface area contributed by atoms with E-state index in [2.05, 4.69) is 27.3 Å². The lowest BCUT2D eigenvalue weighted by atomic mass is 9.90. The van der Waals surface area contributed by atoms with Crippen LogP contribution in [0.5, 0.6) is 0 Å². The fourth-order valence-corrected chi connectivity index (χ4v) is 2.67. The number of benzene rings is 1. The highest BCUT2D eigenvalue weighted by atomic mass is 16.5. The lowest BCUT2D eigenvalue weighted by Crippen LogP contribution is -2.49. The van der Waals surface area contributed by atoms with E-state index in [0.717, 1.165) is 38.0 Å². The second-order valence-corrected chi connectivity index (χ2v) is 5.96. The van der Waals surface area contributed by atoms with Crippen molar-refractivity contribution in [2.75, 3.05) is 20.1 Å². The second-order valence-electron chi connectivity index (χ2n) is 5.96. The van der Waals surface area contributed by atoms with E-state index in [-0.39, 0.29) is 5.54 Å². The maximum atomic E-state index is 5.38. The van der Waals surface area contributed by atoms with E-state index in [9.17, 15) is 0 Å². The van der Waals surface area contributed by atoms with Crippen LogP contribution >= 0.6 is 0 Å². The molecule has 1 N–H and O–H groups in total. The van der Waals surface area contributed by atoms with Crippen LogP contribution in [0.2, 0.25) is 0 Å². The van der Waals surface area contributed by atoms with Crippen LogP contribution in [0.3, 0.4) is 0 Å². The van der Waals surface area contributed by atoms with E-state index in [1.807, 2.05) is 37.4 Å². The van der Waals surface area contributed by atoms with Gasteiger partial charge < -0.3 is 9.84 Å². The lowest BCUT2D eigenvalue weighted by molar-refractivity contribution is 0.133. The van der Waals surface area contributed by atoms with Gasteiger partial charge in [-0.05, 0) is 26.8 Å². The van der Waals surface area contributed by atoms with Crippen molar-refractivity contribution in [2.45, 2.75) is 31.8 Å². The molecule has 0 amide bonds. The molecule has 3 rings (SSSR count). The van der Waals surface area contributed by atoms with Crippen LogP contribution in [0.15, 0.2) is 34.9 Å². The number of hydrogen-bond donors (Lipinski definition) is 1. The Hall–Kier alpha value is -1.72. The summed E-state index contributed by atoms with van der Waals surface area (Å²) in [6, 6.07) is 9.93. The fraction of sp³-hybridized carbons (Fsp3) is 0.500. The summed E-state index contributed by atoms with van der Waals surface area (Å²) in [6.07, 6.45) is 2.28. The average Bonchev–Trinajstić information content (AvgIpc) is 2.99. The Kier molecular flexibility index (Phi) is 4.03. The molecule has 1 saturated heterocycles. The Balaban J connectivity index is 1.61. The molecule has 1 aromatic carbocycles. The summed E-state index contributed by atoms with van der Waals surface area (Å²) in [7, 11) is 2.04. The molecule has 1 aliphatic rings. The molecule has 0 saturated carbocycles. The number of rotatable bonds is 4. The Morgan fingerprint density at radius 2 is 1.95 bits per heavy atom. The van der Waals surface area contributed by atoms with Crippen LogP contribution in [0.1, 0.15) is 25.7 Å². The highest BCUT2D eigenvalue weighted by Gasteiger charge is 2.28. The number of aromatic nitrogens is 2. The molecule has 0 unspecified atom stereocenters. The van der Waals surface area contributed by atoms with E-state index in [4.69, 9.17) is 4.52 Å². The Morgan fingerprint density at radius 1 is 1.24 bits per heavy atom. The van der Waals surface area contributed by atoms with Crippen molar-refractivity contribution in [1.29, 1.82) is 0 Å². The second kappa shape index (κ2) is 5.95. The zero-order valence-corrected chi connectivity index (χ0v) is 12.7. The van der Waals surface area contributed by atoms with Crippen molar-refractivity contribution < 1.29 is 4.52 Å². The minimum atomic E-state index is 0.264. The fourth-order valence-electron chi connectivity index (χ4n) is 2.67. The van der Waals surface area contributed by atoms with Gasteiger partial charge in [0.25, 0.3) is 0 Å². The van der Waals surface area contributed by atoms with Gasteiger partial charge in [0.15, 0.2) is 0 Å². The third-order valence-electron chi connectivity index (χ3n) is 4.42. The molecule has 1 fully saturated rings. The number of nitrogens with one attached hydrogen (secondary N) is 1. The summed E-state index contributed by atoms with van der Waals surface area (Å²) in [6.45, 7) is 5.13. The van der Waals surface area contributed by atoms with E-state index < -0.39 is 0 Å². The van der Waals surface area contributed by atoms with Gasteiger partial charge >= 0.3 is 0 Å². The van der Waals surface area contributed by atoms with Crippen molar-refractivity contribution in [3.8, 4) is 11.4 Å². The highest BCUT2D eigenvalue weighted by molar-refractivity contribution is 5.53. The van der Waals surface area contributed by atoms with Gasteiger partial charge in [-0.3, -0.25) is 4.90 Å². The van der Waals surface area contributed by atoms with Gasteiger partial charge in [0.05, 0.1) is 6.54 Å². The van der Waals surface area contributed by atoms with Crippen LogP contribution in [-0.4, -0.2) is 40.7 Å². The highest BCUT2D eigenvalue weighted by Crippen LogP contribution is 2.22. The summed E-state index contributed by atoms with van der Waals surface area (Å²) >= 11 is 0. The first-order valence-corrected chi connectivity index (χ1v) is 7.48. The van der Waals surface area contributed by atoms with Gasteiger partial charge in [-0.1, -0.05) is 35.5 Å². The smallest absolute Gasteiger partial charge is 0.241 e. The molecule has 0 atom stereocenters. The summed E-state index contributed by atoms with van der Waals surface area (Å²) in [4.78, 5) is 6.87. The van der Waals surface area contributed by atoms with E-state index in [1.165, 1.54) is 0 Å². The molecule has 1 aliphatic heterocycles. The first-order chi connectivity index (χ1) is 10.2. The Labute approximate surface area is 125 Å². The molecule has 2 aromatic rings. The SMILES string of the molecule is CNC1(C)CCN(Cc2nc(-c3ccccc3)no2)CC1. The summed E-state index contributed by atoms with van der Waals surface area (Å²) in [5.41, 5.74) is 1.26. The largest absolute Gasteiger partial charge is 0.338 e. The third kappa shape index (κ3) is 3.31. The zero-order chi connectivity index (χ0) is 14.7. The summed E-state index contributed by atoms with van der Waals surface area (Å²) < 4.78 is 5.38. The average molecular weight is 286 g/mol. The van der Waals surface area contributed by atoms with Crippen LogP contribution in [0, 0.1) is 0 Å². The molecule has 0 aliphatic carbocycles. The molecule has 112 valence electrons. The maximum absolute atomic E-state index is 5.38. The number of hydrogen-bond acceptors (Lipinski definition) is 5. The number of nitrogens with zero attached hydrogens (tertiary/aromatic N) is 3. The molecule has 21 heavy (non-hydrogen) atoms. The Bertz CT molecular complexity index is 573. The van der Waals surface area contributed by atoms with Gasteiger partial charge in [0, 0.05) is 24.2 Å². The zero-order valence-electron chi connectivity index (χ0n) is 12.7. The molecular formula is C16H22N4O. The molecule has 0 radical (unpaired) electrons. The molecular weight excluding hydrogens is 264 g/mol. The normalized spacial score (nSPS) is 18.8. The monoisotopic (exact) mass is 286 g/mol. The van der Waals surface area contributed by atoms with Crippen LogP contribution in [0.25, 0.3) is 11.4 Å². The first kappa shape index (κ1) is 14.2. The van der Waals surface area contributed by atoms with Crippen molar-refractivity contribution in [2.24, 2.45) is 0 Å². The van der Waals surface area contributed by atoms with Crippen molar-refractivity contribution in [1.82, 2.24) is 20.4 Å². The van der Waals surface area contributed by atoms with Crippen LogP contribution in [0.4, 0.5) is 0 Å².